The van der Waals surface area contributed by atoms with Crippen LogP contribution in [-0.4, -0.2) is 16.3 Å². The molecule has 1 saturated carbocycles. The summed E-state index contributed by atoms with van der Waals surface area (Å²) in [6.45, 7) is 0. The topological polar surface area (TPSA) is 42.9 Å². The van der Waals surface area contributed by atoms with Crippen molar-refractivity contribution in [2.24, 2.45) is 0 Å². The van der Waals surface area contributed by atoms with Gasteiger partial charge in [-0.1, -0.05) is 31.4 Å². The number of benzene rings is 1. The molecule has 0 aliphatic heterocycles. The predicted octanol–water partition coefficient (Wildman–Crippen LogP) is 3.49. The number of carbonyl (C=O) groups excluding carboxylic acids is 1. The Morgan fingerprint density at radius 1 is 1.00 bits per heavy atom. The normalized spacial score (nSPS) is 16.9. The van der Waals surface area contributed by atoms with Gasteiger partial charge in [0.05, 0.1) is 16.7 Å². The second-order valence-electron chi connectivity index (χ2n) is 4.94. The average molecular weight is 240 g/mol. The van der Waals surface area contributed by atoms with Crippen molar-refractivity contribution in [1.82, 2.24) is 9.97 Å². The van der Waals surface area contributed by atoms with E-state index in [0.29, 0.717) is 11.6 Å². The van der Waals surface area contributed by atoms with Gasteiger partial charge in [-0.25, -0.2) is 9.97 Å². The molecular weight excluding hydrogens is 224 g/mol. The van der Waals surface area contributed by atoms with E-state index >= 15 is 0 Å². The highest BCUT2D eigenvalue weighted by molar-refractivity contribution is 5.81. The first kappa shape index (κ1) is 11.3. The van der Waals surface area contributed by atoms with Crippen molar-refractivity contribution in [2.45, 2.75) is 38.0 Å². The molecule has 3 heteroatoms. The molecular formula is C15H16N2O. The zero-order valence-electron chi connectivity index (χ0n) is 10.3. The van der Waals surface area contributed by atoms with E-state index in [-0.39, 0.29) is 0 Å². The molecule has 1 aromatic heterocycles. The number of carbonyl (C=O) groups is 1. The van der Waals surface area contributed by atoms with E-state index in [1.165, 1.54) is 19.3 Å². The van der Waals surface area contributed by atoms with E-state index < -0.39 is 0 Å². The molecule has 2 aromatic rings. The van der Waals surface area contributed by atoms with Gasteiger partial charge in [0.2, 0.25) is 0 Å². The third kappa shape index (κ3) is 2.01. The van der Waals surface area contributed by atoms with Crippen LogP contribution in [0, 0.1) is 0 Å². The molecule has 1 fully saturated rings. The number of para-hydroxylation sites is 2. The smallest absolute Gasteiger partial charge is 0.170 e. The lowest BCUT2D eigenvalue weighted by Gasteiger charge is -2.22. The quantitative estimate of drug-likeness (QED) is 0.755. The van der Waals surface area contributed by atoms with Gasteiger partial charge in [-0.15, -0.1) is 0 Å². The Bertz CT molecular complexity index is 574. The fraction of sp³-hybridized carbons (Fsp3) is 0.400. The largest absolute Gasteiger partial charge is 0.296 e. The SMILES string of the molecule is O=Cc1nc2ccccc2nc1C1CCCCC1. The van der Waals surface area contributed by atoms with Crippen molar-refractivity contribution in [1.29, 1.82) is 0 Å². The minimum atomic E-state index is 0.413. The summed E-state index contributed by atoms with van der Waals surface area (Å²) in [4.78, 5) is 20.3. The van der Waals surface area contributed by atoms with Crippen molar-refractivity contribution >= 4 is 17.3 Å². The van der Waals surface area contributed by atoms with Crippen molar-refractivity contribution < 1.29 is 4.79 Å². The Hall–Kier alpha value is -1.77. The number of nitrogens with zero attached hydrogens (tertiary/aromatic N) is 2. The maximum absolute atomic E-state index is 11.2. The molecule has 0 N–H and O–H groups in total. The van der Waals surface area contributed by atoms with Gasteiger partial charge in [0.1, 0.15) is 5.69 Å². The number of rotatable bonds is 2. The highest BCUT2D eigenvalue weighted by Gasteiger charge is 2.21. The van der Waals surface area contributed by atoms with Crippen molar-refractivity contribution in [3.05, 3.63) is 35.7 Å². The van der Waals surface area contributed by atoms with Gasteiger partial charge in [-0.3, -0.25) is 4.79 Å². The molecule has 0 saturated heterocycles. The standard InChI is InChI=1S/C15H16N2O/c18-10-14-15(11-6-2-1-3-7-11)17-13-9-5-4-8-12(13)16-14/h4-5,8-11H,1-3,6-7H2. The molecule has 1 heterocycles. The van der Waals surface area contributed by atoms with Crippen LogP contribution >= 0.6 is 0 Å². The van der Waals surface area contributed by atoms with Crippen molar-refractivity contribution in [3.8, 4) is 0 Å². The van der Waals surface area contributed by atoms with Crippen LogP contribution in [0.3, 0.4) is 0 Å². The summed E-state index contributed by atoms with van der Waals surface area (Å²) in [6.07, 6.45) is 6.88. The number of hydrogen-bond donors (Lipinski definition) is 0. The first-order valence-corrected chi connectivity index (χ1v) is 6.60. The summed E-state index contributed by atoms with van der Waals surface area (Å²) < 4.78 is 0. The summed E-state index contributed by atoms with van der Waals surface area (Å²) in [5.74, 6) is 0.413. The Morgan fingerprint density at radius 2 is 1.67 bits per heavy atom. The molecule has 3 rings (SSSR count). The molecule has 0 radical (unpaired) electrons. The molecule has 0 spiro atoms. The molecule has 18 heavy (non-hydrogen) atoms. The maximum atomic E-state index is 11.2. The minimum absolute atomic E-state index is 0.413. The van der Waals surface area contributed by atoms with Gasteiger partial charge in [0.25, 0.3) is 0 Å². The summed E-state index contributed by atoms with van der Waals surface area (Å²) >= 11 is 0. The zero-order chi connectivity index (χ0) is 12.4. The van der Waals surface area contributed by atoms with Gasteiger partial charge >= 0.3 is 0 Å². The predicted molar refractivity (Wildman–Crippen MR) is 70.8 cm³/mol. The van der Waals surface area contributed by atoms with Crippen molar-refractivity contribution in [3.63, 3.8) is 0 Å². The molecule has 1 aliphatic carbocycles. The fourth-order valence-electron chi connectivity index (χ4n) is 2.79. The third-order valence-corrected chi connectivity index (χ3v) is 3.73. The van der Waals surface area contributed by atoms with Gasteiger partial charge in [0.15, 0.2) is 6.29 Å². The summed E-state index contributed by atoms with van der Waals surface area (Å²) in [7, 11) is 0. The fourth-order valence-corrected chi connectivity index (χ4v) is 2.79. The Labute approximate surface area is 106 Å². The van der Waals surface area contributed by atoms with Gasteiger partial charge in [-0.2, -0.15) is 0 Å². The average Bonchev–Trinajstić information content (AvgIpc) is 2.46. The number of fused-ring (bicyclic) bond motifs is 1. The monoisotopic (exact) mass is 240 g/mol. The van der Waals surface area contributed by atoms with E-state index in [2.05, 4.69) is 9.97 Å². The second kappa shape index (κ2) is 4.84. The second-order valence-corrected chi connectivity index (χ2v) is 4.94. The number of aromatic nitrogens is 2. The van der Waals surface area contributed by atoms with E-state index in [1.54, 1.807) is 0 Å². The molecule has 1 aliphatic rings. The van der Waals surface area contributed by atoms with Crippen molar-refractivity contribution in [2.75, 3.05) is 0 Å². The number of hydrogen-bond acceptors (Lipinski definition) is 3. The maximum Gasteiger partial charge on any atom is 0.170 e. The highest BCUT2D eigenvalue weighted by atomic mass is 16.1. The van der Waals surface area contributed by atoms with Crippen LogP contribution in [0.4, 0.5) is 0 Å². The molecule has 0 bridgehead atoms. The van der Waals surface area contributed by atoms with Crippen LogP contribution in [0.25, 0.3) is 11.0 Å². The molecule has 3 nitrogen and oxygen atoms in total. The van der Waals surface area contributed by atoms with Crippen LogP contribution < -0.4 is 0 Å². The van der Waals surface area contributed by atoms with Crippen LogP contribution in [0.2, 0.25) is 0 Å². The lowest BCUT2D eigenvalue weighted by atomic mass is 9.86. The summed E-state index contributed by atoms with van der Waals surface area (Å²) in [5, 5.41) is 0. The Morgan fingerprint density at radius 3 is 2.33 bits per heavy atom. The number of aldehydes is 1. The van der Waals surface area contributed by atoms with Gasteiger partial charge < -0.3 is 0 Å². The first-order chi connectivity index (χ1) is 8.88. The van der Waals surface area contributed by atoms with Crippen LogP contribution in [-0.2, 0) is 0 Å². The highest BCUT2D eigenvalue weighted by Crippen LogP contribution is 2.33. The van der Waals surface area contributed by atoms with E-state index in [0.717, 1.165) is 35.9 Å². The molecule has 0 amide bonds. The van der Waals surface area contributed by atoms with Crippen LogP contribution in [0.5, 0.6) is 0 Å². The molecule has 0 atom stereocenters. The minimum Gasteiger partial charge on any atom is -0.296 e. The van der Waals surface area contributed by atoms with Crippen LogP contribution in [0.1, 0.15) is 54.2 Å². The van der Waals surface area contributed by atoms with Gasteiger partial charge in [0, 0.05) is 5.92 Å². The van der Waals surface area contributed by atoms with E-state index in [9.17, 15) is 4.79 Å². The molecule has 1 aromatic carbocycles. The third-order valence-electron chi connectivity index (χ3n) is 3.73. The Kier molecular flexibility index (Phi) is 3.05. The summed E-state index contributed by atoms with van der Waals surface area (Å²) in [6, 6.07) is 7.75. The van der Waals surface area contributed by atoms with E-state index in [4.69, 9.17) is 0 Å². The van der Waals surface area contributed by atoms with Gasteiger partial charge in [-0.05, 0) is 25.0 Å². The molecule has 92 valence electrons. The Balaban J connectivity index is 2.10. The lowest BCUT2D eigenvalue weighted by Crippen LogP contribution is -2.11. The lowest BCUT2D eigenvalue weighted by molar-refractivity contribution is 0.111. The zero-order valence-corrected chi connectivity index (χ0v) is 10.3. The first-order valence-electron chi connectivity index (χ1n) is 6.60. The summed E-state index contributed by atoms with van der Waals surface area (Å²) in [5.41, 5.74) is 3.13. The van der Waals surface area contributed by atoms with E-state index in [1.807, 2.05) is 24.3 Å². The van der Waals surface area contributed by atoms with Crippen LogP contribution in [0.15, 0.2) is 24.3 Å². The molecule has 0 unspecified atom stereocenters.